The Labute approximate surface area is 106 Å². The highest BCUT2D eigenvalue weighted by Gasteiger charge is 2.36. The third kappa shape index (κ3) is 1.49. The van der Waals surface area contributed by atoms with Gasteiger partial charge in [-0.15, -0.1) is 0 Å². The zero-order chi connectivity index (χ0) is 12.7. The van der Waals surface area contributed by atoms with E-state index in [4.69, 9.17) is 5.73 Å². The van der Waals surface area contributed by atoms with E-state index in [-0.39, 0.29) is 11.8 Å². The number of nitrogens with one attached hydrogen (secondary N) is 1. The lowest BCUT2D eigenvalue weighted by Gasteiger charge is -2.33. The topological polar surface area (TPSA) is 58.4 Å². The number of rotatable bonds is 2. The van der Waals surface area contributed by atoms with Gasteiger partial charge in [0.1, 0.15) is 5.70 Å². The minimum atomic E-state index is -0.346. The lowest BCUT2D eigenvalue weighted by Crippen LogP contribution is -2.38. The van der Waals surface area contributed by atoms with Gasteiger partial charge < -0.3 is 16.0 Å². The van der Waals surface area contributed by atoms with E-state index >= 15 is 0 Å². The molecular weight excluding hydrogens is 226 g/mol. The van der Waals surface area contributed by atoms with Crippen LogP contribution in [0.3, 0.4) is 0 Å². The maximum Gasteiger partial charge on any atom is 0.266 e. The molecule has 1 aromatic carbocycles. The van der Waals surface area contributed by atoms with Gasteiger partial charge >= 0.3 is 0 Å². The molecule has 3 rings (SSSR count). The Hall–Kier alpha value is -1.97. The second-order valence-electron chi connectivity index (χ2n) is 4.69. The van der Waals surface area contributed by atoms with Crippen molar-refractivity contribution in [3.8, 4) is 0 Å². The maximum atomic E-state index is 11.7. The summed E-state index contributed by atoms with van der Waals surface area (Å²) in [6.07, 6.45) is 1.01. The largest absolute Gasteiger partial charge is 0.366 e. The van der Waals surface area contributed by atoms with Gasteiger partial charge in [-0.25, -0.2) is 0 Å². The Morgan fingerprint density at radius 1 is 1.67 bits per heavy atom. The Morgan fingerprint density at radius 2 is 2.50 bits per heavy atom. The van der Waals surface area contributed by atoms with Crippen LogP contribution in [0.1, 0.15) is 24.8 Å². The molecule has 1 amide bonds. The van der Waals surface area contributed by atoms with Crippen LogP contribution in [0.5, 0.6) is 0 Å². The van der Waals surface area contributed by atoms with Crippen LogP contribution in [-0.2, 0) is 4.79 Å². The highest BCUT2D eigenvalue weighted by Crippen LogP contribution is 2.44. The SMILES string of the molecule is CCN1CCC2C(=C1C(N)=O)Nc1cc[c]cc12. The average Bonchev–Trinajstić information content (AvgIpc) is 2.75. The van der Waals surface area contributed by atoms with Crippen molar-refractivity contribution in [3.05, 3.63) is 41.2 Å². The Kier molecular flexibility index (Phi) is 2.51. The number of hydrogen-bond acceptors (Lipinski definition) is 3. The molecule has 1 atom stereocenters. The normalized spacial score (nSPS) is 21.4. The number of hydrogen-bond donors (Lipinski definition) is 2. The molecule has 0 aromatic heterocycles. The number of allylic oxidation sites excluding steroid dienone is 1. The molecule has 4 nitrogen and oxygen atoms in total. The first-order valence-electron chi connectivity index (χ1n) is 6.28. The van der Waals surface area contributed by atoms with E-state index in [0.29, 0.717) is 5.70 Å². The fourth-order valence-electron chi connectivity index (χ4n) is 2.93. The monoisotopic (exact) mass is 242 g/mol. The lowest BCUT2D eigenvalue weighted by atomic mass is 9.91. The van der Waals surface area contributed by atoms with Gasteiger partial charge in [0.15, 0.2) is 0 Å². The van der Waals surface area contributed by atoms with Gasteiger partial charge in [-0.1, -0.05) is 6.07 Å². The Balaban J connectivity index is 2.12. The van der Waals surface area contributed by atoms with Crippen LogP contribution in [0, 0.1) is 6.07 Å². The standard InChI is InChI=1S/C14H16N3O/c1-2-17-8-7-10-9-5-3-4-6-11(9)16-12(10)13(17)14(15)18/h4-6,10,16H,2,7-8H2,1H3,(H2,15,18). The van der Waals surface area contributed by atoms with Crippen LogP contribution < -0.4 is 11.1 Å². The van der Waals surface area contributed by atoms with Crippen LogP contribution in [0.15, 0.2) is 29.6 Å². The summed E-state index contributed by atoms with van der Waals surface area (Å²) < 4.78 is 0. The number of nitrogens with two attached hydrogens (primary N) is 1. The van der Waals surface area contributed by atoms with E-state index < -0.39 is 0 Å². The first kappa shape index (κ1) is 11.1. The van der Waals surface area contributed by atoms with Gasteiger partial charge in [-0.3, -0.25) is 4.79 Å². The number of likely N-dealkylation sites (N-methyl/N-ethyl adjacent to an activating group) is 1. The molecular formula is C14H16N3O. The minimum absolute atomic E-state index is 0.266. The molecule has 2 heterocycles. The van der Waals surface area contributed by atoms with Gasteiger partial charge in [0.2, 0.25) is 0 Å². The van der Waals surface area contributed by atoms with Crippen molar-refractivity contribution in [1.29, 1.82) is 0 Å². The molecule has 3 N–H and O–H groups in total. The van der Waals surface area contributed by atoms with Gasteiger partial charge in [-0.05, 0) is 37.1 Å². The van der Waals surface area contributed by atoms with Crippen molar-refractivity contribution in [2.45, 2.75) is 19.3 Å². The van der Waals surface area contributed by atoms with Crippen molar-refractivity contribution < 1.29 is 4.79 Å². The third-order valence-electron chi connectivity index (χ3n) is 3.76. The molecule has 1 aromatic rings. The molecule has 1 radical (unpaired) electrons. The number of carbonyl (C=O) groups is 1. The van der Waals surface area contributed by atoms with Crippen LogP contribution >= 0.6 is 0 Å². The summed E-state index contributed by atoms with van der Waals surface area (Å²) in [5.74, 6) is -0.0800. The summed E-state index contributed by atoms with van der Waals surface area (Å²) in [7, 11) is 0. The summed E-state index contributed by atoms with van der Waals surface area (Å²) in [6, 6.07) is 8.98. The highest BCUT2D eigenvalue weighted by molar-refractivity contribution is 5.94. The summed E-state index contributed by atoms with van der Waals surface area (Å²) >= 11 is 0. The van der Waals surface area contributed by atoms with Crippen LogP contribution in [0.4, 0.5) is 5.69 Å². The van der Waals surface area contributed by atoms with Gasteiger partial charge in [0.25, 0.3) is 5.91 Å². The molecule has 0 aliphatic carbocycles. The number of anilines is 1. The molecule has 2 aliphatic rings. The van der Waals surface area contributed by atoms with Gasteiger partial charge in [0, 0.05) is 24.7 Å². The summed E-state index contributed by atoms with van der Waals surface area (Å²) in [6.45, 7) is 3.72. The molecule has 2 aliphatic heterocycles. The van der Waals surface area contributed by atoms with Crippen molar-refractivity contribution in [2.24, 2.45) is 5.73 Å². The second-order valence-corrected chi connectivity index (χ2v) is 4.69. The van der Waals surface area contributed by atoms with E-state index in [2.05, 4.69) is 16.3 Å². The molecule has 0 fully saturated rings. The number of primary amides is 1. The number of carbonyl (C=O) groups excluding carboxylic acids is 1. The van der Waals surface area contributed by atoms with Crippen LogP contribution in [0.25, 0.3) is 0 Å². The summed E-state index contributed by atoms with van der Waals surface area (Å²) in [4.78, 5) is 13.7. The van der Waals surface area contributed by atoms with Gasteiger partial charge in [0.05, 0.1) is 5.70 Å². The first-order valence-corrected chi connectivity index (χ1v) is 6.28. The lowest BCUT2D eigenvalue weighted by molar-refractivity contribution is -0.116. The van der Waals surface area contributed by atoms with E-state index in [1.165, 1.54) is 5.56 Å². The molecule has 93 valence electrons. The molecule has 0 saturated carbocycles. The predicted octanol–water partition coefficient (Wildman–Crippen LogP) is 1.42. The van der Waals surface area contributed by atoms with Crippen molar-refractivity contribution >= 4 is 11.6 Å². The van der Waals surface area contributed by atoms with E-state index in [1.54, 1.807) is 0 Å². The number of fused-ring (bicyclic) bond motifs is 3. The molecule has 0 spiro atoms. The Bertz CT molecular complexity index is 536. The third-order valence-corrected chi connectivity index (χ3v) is 3.76. The zero-order valence-corrected chi connectivity index (χ0v) is 10.4. The maximum absolute atomic E-state index is 11.7. The van der Waals surface area contributed by atoms with Crippen molar-refractivity contribution in [1.82, 2.24) is 4.90 Å². The number of amides is 1. The average molecular weight is 242 g/mol. The second kappa shape index (κ2) is 4.05. The fourth-order valence-corrected chi connectivity index (χ4v) is 2.93. The highest BCUT2D eigenvalue weighted by atomic mass is 16.1. The molecule has 0 saturated heterocycles. The quantitative estimate of drug-likeness (QED) is 0.824. The molecule has 1 unspecified atom stereocenters. The van der Waals surface area contributed by atoms with E-state index in [9.17, 15) is 4.79 Å². The zero-order valence-electron chi connectivity index (χ0n) is 10.4. The van der Waals surface area contributed by atoms with Crippen molar-refractivity contribution in [3.63, 3.8) is 0 Å². The fraction of sp³-hybridized carbons (Fsp3) is 0.357. The summed E-state index contributed by atoms with van der Waals surface area (Å²) in [5, 5.41) is 3.35. The van der Waals surface area contributed by atoms with Crippen molar-refractivity contribution in [2.75, 3.05) is 18.4 Å². The predicted molar refractivity (Wildman–Crippen MR) is 69.7 cm³/mol. The Morgan fingerprint density at radius 3 is 3.22 bits per heavy atom. The number of benzene rings is 1. The first-order chi connectivity index (χ1) is 8.72. The smallest absolute Gasteiger partial charge is 0.266 e. The number of nitrogens with zero attached hydrogens (tertiary/aromatic N) is 1. The van der Waals surface area contributed by atoms with Crippen LogP contribution in [0.2, 0.25) is 0 Å². The molecule has 4 heteroatoms. The summed E-state index contributed by atoms with van der Waals surface area (Å²) in [5.41, 5.74) is 9.44. The molecule has 0 bridgehead atoms. The van der Waals surface area contributed by atoms with Gasteiger partial charge in [-0.2, -0.15) is 0 Å². The minimum Gasteiger partial charge on any atom is -0.366 e. The molecule has 18 heavy (non-hydrogen) atoms. The van der Waals surface area contributed by atoms with E-state index in [1.807, 2.05) is 25.1 Å². The van der Waals surface area contributed by atoms with Crippen LogP contribution in [-0.4, -0.2) is 23.9 Å². The van der Waals surface area contributed by atoms with E-state index in [0.717, 1.165) is 30.9 Å².